The zero-order valence-electron chi connectivity index (χ0n) is 16.2. The molecule has 2 aromatic rings. The van der Waals surface area contributed by atoms with Gasteiger partial charge in [-0.2, -0.15) is 0 Å². The number of hydrogen-bond acceptors (Lipinski definition) is 4. The van der Waals surface area contributed by atoms with Crippen LogP contribution in [-0.4, -0.2) is 25.0 Å². The third kappa shape index (κ3) is 4.95. The lowest BCUT2D eigenvalue weighted by atomic mass is 9.91. The van der Waals surface area contributed by atoms with Crippen molar-refractivity contribution in [2.45, 2.75) is 25.7 Å². The van der Waals surface area contributed by atoms with Crippen LogP contribution in [0, 0.1) is 5.41 Å². The fourth-order valence-corrected chi connectivity index (χ4v) is 3.73. The minimum atomic E-state index is 0.120. The van der Waals surface area contributed by atoms with Crippen molar-refractivity contribution in [3.05, 3.63) is 75.0 Å². The highest BCUT2D eigenvalue weighted by Crippen LogP contribution is 2.34. The smallest absolute Gasteiger partial charge is 0.145 e. The van der Waals surface area contributed by atoms with E-state index in [1.807, 2.05) is 18.2 Å². The van der Waals surface area contributed by atoms with Gasteiger partial charge in [0.25, 0.3) is 0 Å². The fraction of sp³-hybridized carbons (Fsp3) is 0.261. The van der Waals surface area contributed by atoms with E-state index in [1.54, 1.807) is 19.2 Å². The number of hydrogen-bond donors (Lipinski definition) is 2. The normalized spacial score (nSPS) is 12.9. The highest BCUT2D eigenvalue weighted by Gasteiger charge is 2.16. The molecular formula is C23H23Cl2NO3. The SMILES string of the molecule is C=C(C=N)c1cc(Cc2c(Cl)cc(OCC(O)=C3CCC3)cc2Cl)ccc1OC. The van der Waals surface area contributed by atoms with Crippen molar-refractivity contribution in [2.75, 3.05) is 13.7 Å². The Hall–Kier alpha value is -2.43. The number of halogens is 2. The molecule has 0 aromatic heterocycles. The van der Waals surface area contributed by atoms with Crippen LogP contribution < -0.4 is 9.47 Å². The van der Waals surface area contributed by atoms with Crippen LogP contribution in [0.3, 0.4) is 0 Å². The predicted octanol–water partition coefficient (Wildman–Crippen LogP) is 6.63. The molecule has 1 aliphatic rings. The number of allylic oxidation sites excluding steroid dienone is 2. The number of benzene rings is 2. The van der Waals surface area contributed by atoms with Gasteiger partial charge in [0.05, 0.1) is 7.11 Å². The van der Waals surface area contributed by atoms with Crippen LogP contribution in [-0.2, 0) is 6.42 Å². The molecule has 3 rings (SSSR count). The minimum absolute atomic E-state index is 0.120. The van der Waals surface area contributed by atoms with Gasteiger partial charge in [0.15, 0.2) is 0 Å². The maximum absolute atomic E-state index is 10.0. The second-order valence-electron chi connectivity index (χ2n) is 6.94. The van der Waals surface area contributed by atoms with E-state index in [2.05, 4.69) is 6.58 Å². The van der Waals surface area contributed by atoms with Crippen molar-refractivity contribution in [1.82, 2.24) is 0 Å². The van der Waals surface area contributed by atoms with Crippen molar-refractivity contribution in [1.29, 1.82) is 5.41 Å². The van der Waals surface area contributed by atoms with E-state index < -0.39 is 0 Å². The fourth-order valence-electron chi connectivity index (χ4n) is 3.13. The van der Waals surface area contributed by atoms with Gasteiger partial charge in [-0.05, 0) is 65.8 Å². The third-order valence-corrected chi connectivity index (χ3v) is 5.69. The summed E-state index contributed by atoms with van der Waals surface area (Å²) in [5, 5.41) is 18.4. The second kappa shape index (κ2) is 9.38. The van der Waals surface area contributed by atoms with E-state index in [4.69, 9.17) is 38.1 Å². The van der Waals surface area contributed by atoms with Crippen molar-refractivity contribution < 1.29 is 14.6 Å². The molecule has 1 saturated carbocycles. The Balaban J connectivity index is 1.79. The first-order valence-corrected chi connectivity index (χ1v) is 10.1. The summed E-state index contributed by atoms with van der Waals surface area (Å²) in [6.07, 6.45) is 4.69. The first-order chi connectivity index (χ1) is 13.9. The maximum Gasteiger partial charge on any atom is 0.145 e. The number of nitrogens with one attached hydrogen (secondary N) is 1. The van der Waals surface area contributed by atoms with Gasteiger partial charge < -0.3 is 20.0 Å². The molecule has 2 N–H and O–H groups in total. The largest absolute Gasteiger partial charge is 0.509 e. The number of rotatable bonds is 8. The molecule has 0 radical (unpaired) electrons. The molecule has 4 nitrogen and oxygen atoms in total. The van der Waals surface area contributed by atoms with E-state index in [-0.39, 0.29) is 6.61 Å². The third-order valence-electron chi connectivity index (χ3n) is 5.02. The Labute approximate surface area is 180 Å². The van der Waals surface area contributed by atoms with Crippen LogP contribution in [0.15, 0.2) is 48.2 Å². The molecule has 0 heterocycles. The average Bonchev–Trinajstić information content (AvgIpc) is 2.67. The average molecular weight is 432 g/mol. The van der Waals surface area contributed by atoms with Gasteiger partial charge in [-0.3, -0.25) is 0 Å². The van der Waals surface area contributed by atoms with E-state index in [1.165, 1.54) is 6.21 Å². The maximum atomic E-state index is 10.0. The van der Waals surface area contributed by atoms with Crippen LogP contribution in [0.4, 0.5) is 0 Å². The molecule has 2 aromatic carbocycles. The molecule has 6 heteroatoms. The Bertz CT molecular complexity index is 953. The summed E-state index contributed by atoms with van der Waals surface area (Å²) in [5.74, 6) is 1.47. The van der Waals surface area contributed by atoms with Gasteiger partial charge in [-0.25, -0.2) is 0 Å². The van der Waals surface area contributed by atoms with E-state index in [0.29, 0.717) is 39.3 Å². The highest BCUT2D eigenvalue weighted by molar-refractivity contribution is 6.36. The van der Waals surface area contributed by atoms with Gasteiger partial charge >= 0.3 is 0 Å². The molecule has 0 amide bonds. The number of aliphatic hydroxyl groups excluding tert-OH is 1. The summed E-state index contributed by atoms with van der Waals surface area (Å²) in [5.41, 5.74) is 4.12. The summed E-state index contributed by atoms with van der Waals surface area (Å²) >= 11 is 12.9. The van der Waals surface area contributed by atoms with Crippen molar-refractivity contribution in [2.24, 2.45) is 0 Å². The predicted molar refractivity (Wildman–Crippen MR) is 119 cm³/mol. The highest BCUT2D eigenvalue weighted by atomic mass is 35.5. The Kier molecular flexibility index (Phi) is 6.88. The Morgan fingerprint density at radius 3 is 2.45 bits per heavy atom. The van der Waals surface area contributed by atoms with Gasteiger partial charge in [0, 0.05) is 28.2 Å². The number of aliphatic hydroxyl groups is 1. The molecular weight excluding hydrogens is 409 g/mol. The van der Waals surface area contributed by atoms with E-state index >= 15 is 0 Å². The lowest BCUT2D eigenvalue weighted by molar-refractivity contribution is 0.260. The summed E-state index contributed by atoms with van der Waals surface area (Å²) in [7, 11) is 1.58. The number of ether oxygens (including phenoxy) is 2. The molecule has 0 atom stereocenters. The Morgan fingerprint density at radius 2 is 1.90 bits per heavy atom. The van der Waals surface area contributed by atoms with Gasteiger partial charge in [-0.1, -0.05) is 35.8 Å². The van der Waals surface area contributed by atoms with Crippen LogP contribution >= 0.6 is 23.2 Å². The molecule has 1 fully saturated rings. The molecule has 0 aliphatic heterocycles. The molecule has 152 valence electrons. The van der Waals surface area contributed by atoms with E-state index in [9.17, 15) is 5.11 Å². The first-order valence-electron chi connectivity index (χ1n) is 9.30. The van der Waals surface area contributed by atoms with Gasteiger partial charge in [-0.15, -0.1) is 0 Å². The zero-order chi connectivity index (χ0) is 21.0. The molecule has 0 saturated heterocycles. The van der Waals surface area contributed by atoms with Gasteiger partial charge in [0.2, 0.25) is 0 Å². The molecule has 0 spiro atoms. The van der Waals surface area contributed by atoms with Crippen molar-refractivity contribution in [3.8, 4) is 11.5 Å². The van der Waals surface area contributed by atoms with E-state index in [0.717, 1.165) is 41.5 Å². The van der Waals surface area contributed by atoms with Crippen LogP contribution in [0.5, 0.6) is 11.5 Å². The molecule has 1 aliphatic carbocycles. The van der Waals surface area contributed by atoms with Crippen LogP contribution in [0.2, 0.25) is 10.0 Å². The standard InChI is InChI=1S/C23H23Cl2NO3/c1-14(12-26)18-8-15(6-7-23(18)28-2)9-19-20(24)10-17(11-21(19)25)29-13-22(27)16-4-3-5-16/h6-8,10-12,26-27H,1,3-5,9,13H2,2H3. The summed E-state index contributed by atoms with van der Waals surface area (Å²) in [6, 6.07) is 9.12. The van der Waals surface area contributed by atoms with Crippen molar-refractivity contribution >= 4 is 35.0 Å². The molecule has 0 unspecified atom stereocenters. The quantitative estimate of drug-likeness (QED) is 0.364. The van der Waals surface area contributed by atoms with Crippen LogP contribution in [0.1, 0.15) is 36.0 Å². The Morgan fingerprint density at radius 1 is 1.21 bits per heavy atom. The summed E-state index contributed by atoms with van der Waals surface area (Å²) < 4.78 is 11.0. The lowest BCUT2D eigenvalue weighted by Crippen LogP contribution is -2.09. The number of methoxy groups -OCH3 is 1. The monoisotopic (exact) mass is 431 g/mol. The topological polar surface area (TPSA) is 62.5 Å². The van der Waals surface area contributed by atoms with Crippen LogP contribution in [0.25, 0.3) is 5.57 Å². The molecule has 0 bridgehead atoms. The zero-order valence-corrected chi connectivity index (χ0v) is 17.7. The lowest BCUT2D eigenvalue weighted by Gasteiger charge is -2.19. The minimum Gasteiger partial charge on any atom is -0.509 e. The summed E-state index contributed by atoms with van der Waals surface area (Å²) in [4.78, 5) is 0. The first kappa shape index (κ1) is 21.3. The second-order valence-corrected chi connectivity index (χ2v) is 7.75. The summed E-state index contributed by atoms with van der Waals surface area (Å²) in [6.45, 7) is 4.01. The van der Waals surface area contributed by atoms with Gasteiger partial charge in [0.1, 0.15) is 23.9 Å². The van der Waals surface area contributed by atoms with Crippen molar-refractivity contribution in [3.63, 3.8) is 0 Å². The molecule has 29 heavy (non-hydrogen) atoms.